The van der Waals surface area contributed by atoms with Crippen LogP contribution in [0, 0.1) is 0 Å². The zero-order valence-electron chi connectivity index (χ0n) is 20.1. The first-order valence-electron chi connectivity index (χ1n) is 10.7. The molecule has 2 aromatic heterocycles. The number of methoxy groups -OCH3 is 1. The van der Waals surface area contributed by atoms with Crippen molar-refractivity contribution in [3.63, 3.8) is 0 Å². The minimum absolute atomic E-state index is 0.0991. The second-order valence-electron chi connectivity index (χ2n) is 7.90. The fourth-order valence-electron chi connectivity index (χ4n) is 3.88. The van der Waals surface area contributed by atoms with Crippen LogP contribution >= 0.6 is 0 Å². The molecule has 0 radical (unpaired) electrons. The summed E-state index contributed by atoms with van der Waals surface area (Å²) >= 11 is 0. The summed E-state index contributed by atoms with van der Waals surface area (Å²) < 4.78 is 22.5. The Kier molecular flexibility index (Phi) is 7.72. The SMILES string of the molecule is COC(=O)c1cn([C@@H]2O[C@H](COC(C)=O)[C@@H](OC(C)=O)[C@@H]2NC(C)=O)c2nc(NC(C)=O)[nH]c(=O)c12. The van der Waals surface area contributed by atoms with Crippen LogP contribution in [0.2, 0.25) is 0 Å². The molecule has 0 bridgehead atoms. The Morgan fingerprint density at radius 1 is 1.11 bits per heavy atom. The number of fused-ring (bicyclic) bond motifs is 1. The van der Waals surface area contributed by atoms with Crippen molar-refractivity contribution < 1.29 is 42.9 Å². The zero-order chi connectivity index (χ0) is 26.7. The summed E-state index contributed by atoms with van der Waals surface area (Å²) in [6.07, 6.45) is -2.12. The fourth-order valence-corrected chi connectivity index (χ4v) is 3.88. The Balaban J connectivity index is 2.22. The number of carbonyl (C=O) groups excluding carboxylic acids is 5. The van der Waals surface area contributed by atoms with E-state index < -0.39 is 59.8 Å². The minimum Gasteiger partial charge on any atom is -0.465 e. The van der Waals surface area contributed by atoms with Crippen LogP contribution in [0.4, 0.5) is 5.95 Å². The molecule has 1 aliphatic rings. The van der Waals surface area contributed by atoms with Crippen molar-refractivity contribution in [1.82, 2.24) is 19.9 Å². The van der Waals surface area contributed by atoms with Gasteiger partial charge >= 0.3 is 17.9 Å². The monoisotopic (exact) mass is 507 g/mol. The van der Waals surface area contributed by atoms with Crippen LogP contribution in [0.15, 0.2) is 11.0 Å². The zero-order valence-corrected chi connectivity index (χ0v) is 20.1. The molecule has 0 aliphatic carbocycles. The molecule has 0 spiro atoms. The highest BCUT2D eigenvalue weighted by atomic mass is 16.6. The van der Waals surface area contributed by atoms with Gasteiger partial charge in [0, 0.05) is 33.9 Å². The van der Waals surface area contributed by atoms with Crippen LogP contribution in [0.1, 0.15) is 44.3 Å². The second-order valence-corrected chi connectivity index (χ2v) is 7.90. The van der Waals surface area contributed by atoms with Crippen molar-refractivity contribution in [3.8, 4) is 0 Å². The van der Waals surface area contributed by atoms with Crippen molar-refractivity contribution in [1.29, 1.82) is 0 Å². The highest BCUT2D eigenvalue weighted by molar-refractivity contribution is 6.03. The molecule has 1 fully saturated rings. The maximum atomic E-state index is 12.9. The van der Waals surface area contributed by atoms with Gasteiger partial charge in [-0.05, 0) is 0 Å². The van der Waals surface area contributed by atoms with E-state index in [0.717, 1.165) is 14.0 Å². The maximum absolute atomic E-state index is 12.9. The molecule has 2 amide bonds. The van der Waals surface area contributed by atoms with Gasteiger partial charge in [0.15, 0.2) is 18.0 Å². The van der Waals surface area contributed by atoms with Crippen molar-refractivity contribution in [2.75, 3.05) is 19.0 Å². The van der Waals surface area contributed by atoms with Gasteiger partial charge in [0.1, 0.15) is 18.8 Å². The number of rotatable bonds is 7. The van der Waals surface area contributed by atoms with Crippen molar-refractivity contribution in [3.05, 3.63) is 22.1 Å². The number of hydrogen-bond acceptors (Lipinski definition) is 11. The van der Waals surface area contributed by atoms with E-state index in [2.05, 4.69) is 20.6 Å². The molecule has 2 aromatic rings. The molecule has 15 heteroatoms. The largest absolute Gasteiger partial charge is 0.465 e. The van der Waals surface area contributed by atoms with Gasteiger partial charge in [0.25, 0.3) is 5.56 Å². The summed E-state index contributed by atoms with van der Waals surface area (Å²) in [6.45, 7) is 4.45. The third kappa shape index (κ3) is 5.51. The standard InChI is InChI=1S/C21H25N5O10/c1-8(27)22-15-16(35-11(4)30)13(7-34-10(3)29)36-19(15)26-6-12(20(32)33-5)14-17(26)24-21(23-9(2)28)25-18(14)31/h6,13,15-16,19H,7H2,1-5H3,(H,22,27)(H2,23,24,25,28,31)/t13-,15+,16-,19-/m1/s1. The quantitative estimate of drug-likeness (QED) is 0.318. The number of amides is 2. The van der Waals surface area contributed by atoms with Gasteiger partial charge in [-0.1, -0.05) is 0 Å². The number of aromatic nitrogens is 3. The van der Waals surface area contributed by atoms with Crippen LogP contribution in [0.5, 0.6) is 0 Å². The van der Waals surface area contributed by atoms with E-state index in [4.69, 9.17) is 18.9 Å². The summed E-state index contributed by atoms with van der Waals surface area (Å²) in [5.41, 5.74) is -1.03. The Bertz CT molecular complexity index is 1280. The average molecular weight is 507 g/mol. The van der Waals surface area contributed by atoms with Crippen molar-refractivity contribution in [2.45, 2.75) is 52.2 Å². The van der Waals surface area contributed by atoms with Gasteiger partial charge < -0.3 is 28.8 Å². The molecular weight excluding hydrogens is 482 g/mol. The molecule has 1 saturated heterocycles. The third-order valence-corrected chi connectivity index (χ3v) is 5.12. The highest BCUT2D eigenvalue weighted by Crippen LogP contribution is 2.35. The predicted molar refractivity (Wildman–Crippen MR) is 120 cm³/mol. The van der Waals surface area contributed by atoms with Gasteiger partial charge in [-0.25, -0.2) is 4.79 Å². The maximum Gasteiger partial charge on any atom is 0.340 e. The average Bonchev–Trinajstić information content (AvgIpc) is 3.29. The van der Waals surface area contributed by atoms with E-state index in [9.17, 15) is 28.8 Å². The summed E-state index contributed by atoms with van der Waals surface area (Å²) in [5, 5.41) is 4.82. The first-order chi connectivity index (χ1) is 16.9. The lowest BCUT2D eigenvalue weighted by atomic mass is 10.1. The van der Waals surface area contributed by atoms with E-state index in [1.54, 1.807) is 0 Å². The smallest absolute Gasteiger partial charge is 0.340 e. The number of aromatic amines is 1. The predicted octanol–water partition coefficient (Wildman–Crippen LogP) is -0.633. The molecular formula is C21H25N5O10. The van der Waals surface area contributed by atoms with Crippen molar-refractivity contribution in [2.24, 2.45) is 0 Å². The molecule has 0 aromatic carbocycles. The van der Waals surface area contributed by atoms with E-state index >= 15 is 0 Å². The first-order valence-corrected chi connectivity index (χ1v) is 10.7. The summed E-state index contributed by atoms with van der Waals surface area (Å²) in [7, 11) is 1.12. The number of H-pyrrole nitrogens is 1. The Morgan fingerprint density at radius 3 is 2.36 bits per heavy atom. The summed E-state index contributed by atoms with van der Waals surface area (Å²) in [6, 6.07) is -1.06. The third-order valence-electron chi connectivity index (χ3n) is 5.12. The van der Waals surface area contributed by atoms with Gasteiger partial charge in [0.2, 0.25) is 17.8 Å². The molecule has 194 valence electrons. The van der Waals surface area contributed by atoms with Crippen LogP contribution in [-0.4, -0.2) is 76.2 Å². The molecule has 15 nitrogen and oxygen atoms in total. The highest BCUT2D eigenvalue weighted by Gasteiger charge is 2.49. The van der Waals surface area contributed by atoms with Gasteiger partial charge in [-0.3, -0.25) is 34.3 Å². The first kappa shape index (κ1) is 26.3. The Morgan fingerprint density at radius 2 is 1.81 bits per heavy atom. The van der Waals surface area contributed by atoms with Crippen LogP contribution < -0.4 is 16.2 Å². The number of anilines is 1. The fraction of sp³-hybridized carbons (Fsp3) is 0.476. The lowest BCUT2D eigenvalue weighted by molar-refractivity contribution is -0.156. The topological polar surface area (TPSA) is 197 Å². The number of ether oxygens (including phenoxy) is 4. The van der Waals surface area contributed by atoms with Gasteiger partial charge in [-0.15, -0.1) is 0 Å². The summed E-state index contributed by atoms with van der Waals surface area (Å²) in [4.78, 5) is 78.7. The van der Waals surface area contributed by atoms with E-state index in [1.165, 1.54) is 31.5 Å². The van der Waals surface area contributed by atoms with E-state index in [-0.39, 0.29) is 29.2 Å². The Labute approximate surface area is 203 Å². The van der Waals surface area contributed by atoms with Crippen LogP contribution in [0.3, 0.4) is 0 Å². The summed E-state index contributed by atoms with van der Waals surface area (Å²) in [5.74, 6) is -3.41. The van der Waals surface area contributed by atoms with Gasteiger partial charge in [-0.2, -0.15) is 4.98 Å². The number of nitrogens with one attached hydrogen (secondary N) is 3. The normalized spacial score (nSPS) is 21.0. The van der Waals surface area contributed by atoms with Gasteiger partial charge in [0.05, 0.1) is 18.1 Å². The number of carbonyl (C=O) groups is 5. The second kappa shape index (κ2) is 10.6. The van der Waals surface area contributed by atoms with Crippen LogP contribution in [-0.2, 0) is 38.1 Å². The molecule has 0 saturated carbocycles. The lowest BCUT2D eigenvalue weighted by Crippen LogP contribution is -2.48. The number of hydrogen-bond donors (Lipinski definition) is 3. The Hall–Kier alpha value is -4.27. The van der Waals surface area contributed by atoms with E-state index in [0.29, 0.717) is 0 Å². The van der Waals surface area contributed by atoms with Crippen molar-refractivity contribution >= 4 is 46.7 Å². The molecule has 3 N–H and O–H groups in total. The molecule has 36 heavy (non-hydrogen) atoms. The lowest BCUT2D eigenvalue weighted by Gasteiger charge is -2.25. The molecule has 1 aliphatic heterocycles. The molecule has 4 atom stereocenters. The molecule has 0 unspecified atom stereocenters. The number of esters is 3. The molecule has 3 rings (SSSR count). The van der Waals surface area contributed by atoms with Crippen LogP contribution in [0.25, 0.3) is 11.0 Å². The number of nitrogens with zero attached hydrogens (tertiary/aromatic N) is 2. The minimum atomic E-state index is -1.20. The molecule has 3 heterocycles. The van der Waals surface area contributed by atoms with E-state index in [1.807, 2.05) is 0 Å².